The van der Waals surface area contributed by atoms with Gasteiger partial charge in [-0.2, -0.15) is 0 Å². The summed E-state index contributed by atoms with van der Waals surface area (Å²) in [7, 11) is 0. The molecule has 54 heavy (non-hydrogen) atoms. The van der Waals surface area contributed by atoms with Gasteiger partial charge in [-0.25, -0.2) is 4.79 Å². The maximum absolute atomic E-state index is 12.5. The molecule has 1 aliphatic heterocycles. The first-order chi connectivity index (χ1) is 25.1. The molecule has 1 rings (SSSR count). The summed E-state index contributed by atoms with van der Waals surface area (Å²) >= 11 is 0. The third-order valence-electron chi connectivity index (χ3n) is 10.3. The van der Waals surface area contributed by atoms with Crippen LogP contribution in [-0.2, 0) is 19.0 Å². The monoisotopic (exact) mass is 774 g/mol. The van der Waals surface area contributed by atoms with E-state index in [-0.39, 0.29) is 17.4 Å². The molecule has 16 atom stereocenters. The summed E-state index contributed by atoms with van der Waals surface area (Å²) in [5.41, 5.74) is 2.14. The van der Waals surface area contributed by atoms with Crippen molar-refractivity contribution in [1.82, 2.24) is 0 Å². The van der Waals surface area contributed by atoms with Crippen molar-refractivity contribution in [2.75, 3.05) is 19.8 Å². The Balaban J connectivity index is 3.18. The van der Waals surface area contributed by atoms with E-state index in [0.717, 1.165) is 18.4 Å². The minimum absolute atomic E-state index is 0.138. The van der Waals surface area contributed by atoms with Gasteiger partial charge in [-0.15, -0.1) is 0 Å². The predicted octanol–water partition coefficient (Wildman–Crippen LogP) is 1.28. The minimum atomic E-state index is -1.71. The highest BCUT2D eigenvalue weighted by molar-refractivity contribution is 5.87. The third kappa shape index (κ3) is 15.1. The molecule has 0 aromatic carbocycles. The number of ether oxygens (including phenoxy) is 3. The summed E-state index contributed by atoms with van der Waals surface area (Å²) in [5, 5.41) is 102. The van der Waals surface area contributed by atoms with Gasteiger partial charge in [0.15, 0.2) is 6.29 Å². The molecule has 1 saturated heterocycles. The number of aliphatic hydroxyl groups excluding tert-OH is 10. The molecule has 0 aliphatic carbocycles. The number of rotatable bonds is 22. The van der Waals surface area contributed by atoms with E-state index >= 15 is 0 Å². The van der Waals surface area contributed by atoms with Gasteiger partial charge < -0.3 is 65.3 Å². The molecule has 0 amide bonds. The smallest absolute Gasteiger partial charge is 0.333 e. The summed E-state index contributed by atoms with van der Waals surface area (Å²) in [5.74, 6) is -1.49. The molecule has 314 valence electrons. The Kier molecular flexibility index (Phi) is 22.1. The fourth-order valence-corrected chi connectivity index (χ4v) is 6.71. The van der Waals surface area contributed by atoms with Crippen LogP contribution in [0.15, 0.2) is 46.6 Å². The van der Waals surface area contributed by atoms with Crippen LogP contribution in [0.1, 0.15) is 82.1 Å². The van der Waals surface area contributed by atoms with Gasteiger partial charge in [0.2, 0.25) is 0 Å². The van der Waals surface area contributed by atoms with Gasteiger partial charge in [-0.05, 0) is 62.7 Å². The van der Waals surface area contributed by atoms with Crippen LogP contribution in [-0.4, -0.2) is 144 Å². The van der Waals surface area contributed by atoms with E-state index in [0.29, 0.717) is 17.1 Å². The van der Waals surface area contributed by atoms with Crippen LogP contribution in [0.4, 0.5) is 0 Å². The SMILES string of the molecule is CC[C@H](C)C[C@H](C)/C=C(\C)[C@@H](O[C@@H]1O[C@H](CO)[C@@H](O)[C@H](O)[C@@H]1O)[C@@H](C)/C=C(\C)[C@@H](O)[C@@H](C)/C=C(\C)[C@@H](O)[C@@H](C)/C=C(\C)C(=O)OC[C@@H](O)[C@H](O)[C@H](O)CO. The van der Waals surface area contributed by atoms with Crippen molar-refractivity contribution in [3.05, 3.63) is 46.6 Å². The van der Waals surface area contributed by atoms with Gasteiger partial charge in [0, 0.05) is 23.3 Å². The van der Waals surface area contributed by atoms with Crippen LogP contribution in [0.5, 0.6) is 0 Å². The Bertz CT molecular complexity index is 1250. The Morgan fingerprint density at radius 2 is 1.26 bits per heavy atom. The van der Waals surface area contributed by atoms with Crippen LogP contribution in [0, 0.1) is 29.6 Å². The van der Waals surface area contributed by atoms with E-state index in [1.807, 2.05) is 19.9 Å². The first-order valence-electron chi connectivity index (χ1n) is 19.0. The lowest BCUT2D eigenvalue weighted by Gasteiger charge is -2.41. The molecule has 0 unspecified atom stereocenters. The van der Waals surface area contributed by atoms with Crippen molar-refractivity contribution in [3.8, 4) is 0 Å². The van der Waals surface area contributed by atoms with Crippen molar-refractivity contribution in [2.24, 2.45) is 29.6 Å². The molecule has 0 aromatic heterocycles. The lowest BCUT2D eigenvalue weighted by molar-refractivity contribution is -0.310. The van der Waals surface area contributed by atoms with E-state index in [9.17, 15) is 50.8 Å². The van der Waals surface area contributed by atoms with Crippen LogP contribution >= 0.6 is 0 Å². The first kappa shape index (κ1) is 50.0. The van der Waals surface area contributed by atoms with E-state index in [1.165, 1.54) is 13.0 Å². The number of esters is 1. The topological polar surface area (TPSA) is 247 Å². The number of hydrogen-bond acceptors (Lipinski definition) is 14. The second-order valence-electron chi connectivity index (χ2n) is 15.4. The maximum atomic E-state index is 12.5. The molecule has 0 aromatic rings. The van der Waals surface area contributed by atoms with Crippen molar-refractivity contribution >= 4 is 5.97 Å². The molecule has 0 radical (unpaired) electrons. The molecule has 0 spiro atoms. The summed E-state index contributed by atoms with van der Waals surface area (Å²) in [6, 6.07) is 0. The summed E-state index contributed by atoms with van der Waals surface area (Å²) in [4.78, 5) is 12.5. The Morgan fingerprint density at radius 3 is 1.78 bits per heavy atom. The number of hydrogen-bond donors (Lipinski definition) is 10. The van der Waals surface area contributed by atoms with E-state index in [4.69, 9.17) is 19.3 Å². The Labute approximate surface area is 321 Å². The number of allylic oxidation sites excluding steroid dienone is 1. The highest BCUT2D eigenvalue weighted by Gasteiger charge is 2.45. The van der Waals surface area contributed by atoms with Crippen molar-refractivity contribution in [2.45, 2.75) is 149 Å². The van der Waals surface area contributed by atoms with Gasteiger partial charge in [-0.3, -0.25) is 0 Å². The van der Waals surface area contributed by atoms with Gasteiger partial charge in [0.25, 0.3) is 0 Å². The molecule has 1 aliphatic rings. The highest BCUT2D eigenvalue weighted by atomic mass is 16.7. The number of aliphatic hydroxyl groups is 10. The fourth-order valence-electron chi connectivity index (χ4n) is 6.71. The molecule has 14 nitrogen and oxygen atoms in total. The maximum Gasteiger partial charge on any atom is 0.333 e. The zero-order valence-electron chi connectivity index (χ0n) is 33.7. The van der Waals surface area contributed by atoms with Crippen molar-refractivity contribution in [1.29, 1.82) is 0 Å². The second kappa shape index (κ2) is 23.9. The van der Waals surface area contributed by atoms with Crippen LogP contribution in [0.25, 0.3) is 0 Å². The van der Waals surface area contributed by atoms with Crippen molar-refractivity contribution < 1.29 is 70.1 Å². The molecule has 0 saturated carbocycles. The van der Waals surface area contributed by atoms with Crippen molar-refractivity contribution in [3.63, 3.8) is 0 Å². The lowest BCUT2D eigenvalue weighted by atomic mass is 9.87. The zero-order chi connectivity index (χ0) is 41.6. The molecule has 1 fully saturated rings. The lowest BCUT2D eigenvalue weighted by Crippen LogP contribution is -2.60. The van der Waals surface area contributed by atoms with Gasteiger partial charge in [0.1, 0.15) is 49.3 Å². The van der Waals surface area contributed by atoms with Crippen LogP contribution < -0.4 is 0 Å². The summed E-state index contributed by atoms with van der Waals surface area (Å²) < 4.78 is 17.0. The predicted molar refractivity (Wildman–Crippen MR) is 202 cm³/mol. The average molecular weight is 775 g/mol. The second-order valence-corrected chi connectivity index (χ2v) is 15.4. The highest BCUT2D eigenvalue weighted by Crippen LogP contribution is 2.30. The van der Waals surface area contributed by atoms with Gasteiger partial charge in [0.05, 0.1) is 31.5 Å². The number of carbonyl (C=O) groups excluding carboxylic acids is 1. The molecule has 14 heteroatoms. The van der Waals surface area contributed by atoms with Crippen LogP contribution in [0.3, 0.4) is 0 Å². The largest absolute Gasteiger partial charge is 0.459 e. The number of carbonyl (C=O) groups is 1. The Morgan fingerprint density at radius 1 is 0.722 bits per heavy atom. The van der Waals surface area contributed by atoms with Gasteiger partial charge >= 0.3 is 5.97 Å². The summed E-state index contributed by atoms with van der Waals surface area (Å²) in [6.45, 7) is 16.7. The molecule has 0 bridgehead atoms. The summed E-state index contributed by atoms with van der Waals surface area (Å²) in [6.07, 6.45) is -5.61. The van der Waals surface area contributed by atoms with E-state index < -0.39 is 105 Å². The molecule has 1 heterocycles. The standard InChI is InChI=1S/C40H70O14/c1-11-20(2)12-21(3)13-26(8)38(54-40-37(50)36(49)35(48)31(18-42)53-40)27(9)15-24(6)32(45)22(4)14-23(5)33(46)25(7)16-28(10)39(51)52-19-30(44)34(47)29(43)17-41/h13-16,20-22,25,27,29-38,40-50H,11-12,17-19H2,1-10H3/b23-14+,24-15+,26-13+,28-16+/t20-,21-,22-,25-,27-,29+,30+,31+,32-,33+,34+,35+,36-,37-,38+,40-/m0/s1. The van der Waals surface area contributed by atoms with E-state index in [1.54, 1.807) is 33.8 Å². The zero-order valence-corrected chi connectivity index (χ0v) is 33.7. The fraction of sp³-hybridized carbons (Fsp3) is 0.775. The normalized spacial score (nSPS) is 28.3. The average Bonchev–Trinajstić information content (AvgIpc) is 3.13. The minimum Gasteiger partial charge on any atom is -0.459 e. The molecule has 10 N–H and O–H groups in total. The third-order valence-corrected chi connectivity index (χ3v) is 10.3. The van der Waals surface area contributed by atoms with Gasteiger partial charge in [-0.1, -0.05) is 72.3 Å². The quantitative estimate of drug-likeness (QED) is 0.0423. The van der Waals surface area contributed by atoms with Crippen LogP contribution in [0.2, 0.25) is 0 Å². The van der Waals surface area contributed by atoms with E-state index in [2.05, 4.69) is 26.8 Å². The molecular weight excluding hydrogens is 704 g/mol. The first-order valence-corrected chi connectivity index (χ1v) is 19.0. The molecular formula is C40H70O14. The Hall–Kier alpha value is -2.05.